The normalized spacial score (nSPS) is 10.7. The van der Waals surface area contributed by atoms with Crippen LogP contribution in [-0.4, -0.2) is 9.97 Å². The Balaban J connectivity index is 0.000000131. The fourth-order valence-corrected chi connectivity index (χ4v) is 2.81. The molecule has 0 aliphatic heterocycles. The van der Waals surface area contributed by atoms with E-state index in [0.29, 0.717) is 0 Å². The van der Waals surface area contributed by atoms with Crippen molar-refractivity contribution < 1.29 is 0 Å². The molecule has 4 aromatic rings. The molecule has 0 bridgehead atoms. The van der Waals surface area contributed by atoms with Crippen LogP contribution in [0.3, 0.4) is 0 Å². The molecule has 0 fully saturated rings. The lowest BCUT2D eigenvalue weighted by Crippen LogP contribution is -1.71. The summed E-state index contributed by atoms with van der Waals surface area (Å²) in [4.78, 5) is 6.33. The summed E-state index contributed by atoms with van der Waals surface area (Å²) in [5.74, 6) is 0. The second kappa shape index (κ2) is 5.90. The molecule has 0 saturated heterocycles. The quantitative estimate of drug-likeness (QED) is 0.404. The summed E-state index contributed by atoms with van der Waals surface area (Å²) in [6, 6.07) is 12.6. The monoisotopic (exact) mass is 310 g/mol. The lowest BCUT2D eigenvalue weighted by atomic mass is 10.1. The van der Waals surface area contributed by atoms with Crippen molar-refractivity contribution in [3.63, 3.8) is 0 Å². The molecule has 0 amide bonds. The molecule has 0 saturated carbocycles. The molecule has 3 heteroatoms. The van der Waals surface area contributed by atoms with Gasteiger partial charge in [-0.2, -0.15) is 0 Å². The van der Waals surface area contributed by atoms with E-state index in [2.05, 4.69) is 61.1 Å². The lowest BCUT2D eigenvalue weighted by molar-refractivity contribution is 1.42. The van der Waals surface area contributed by atoms with Gasteiger partial charge < -0.3 is 9.97 Å². The number of nitrogens with one attached hydrogen (secondary N) is 2. The molecule has 112 valence electrons. The van der Waals surface area contributed by atoms with Gasteiger partial charge in [0.15, 0.2) is 0 Å². The van der Waals surface area contributed by atoms with E-state index in [1.165, 1.54) is 27.6 Å². The van der Waals surface area contributed by atoms with E-state index in [4.69, 9.17) is 11.6 Å². The summed E-state index contributed by atoms with van der Waals surface area (Å²) in [5, 5.41) is 3.22. The third kappa shape index (κ3) is 2.88. The van der Waals surface area contributed by atoms with Crippen LogP contribution in [0.25, 0.3) is 21.8 Å². The average molecular weight is 311 g/mol. The number of aryl methyl sites for hydroxylation is 3. The minimum absolute atomic E-state index is 0.792. The zero-order valence-corrected chi connectivity index (χ0v) is 13.8. The molecule has 0 aliphatic rings. The van der Waals surface area contributed by atoms with Crippen LogP contribution in [-0.2, 0) is 0 Å². The fraction of sp³-hybridized carbons (Fsp3) is 0.158. The second-order valence-corrected chi connectivity index (χ2v) is 6.11. The molecule has 0 radical (unpaired) electrons. The third-order valence-corrected chi connectivity index (χ3v) is 4.14. The fourth-order valence-electron chi connectivity index (χ4n) is 2.59. The second-order valence-electron chi connectivity index (χ2n) is 5.71. The maximum Gasteiger partial charge on any atom is 0.0659 e. The van der Waals surface area contributed by atoms with Crippen LogP contribution < -0.4 is 0 Å². The number of hydrogen-bond acceptors (Lipinski definition) is 0. The predicted octanol–water partition coefficient (Wildman–Crippen LogP) is 5.91. The van der Waals surface area contributed by atoms with Crippen molar-refractivity contribution in [2.75, 3.05) is 0 Å². The van der Waals surface area contributed by atoms with Crippen LogP contribution in [0.15, 0.2) is 48.8 Å². The summed E-state index contributed by atoms with van der Waals surface area (Å²) in [6.07, 6.45) is 3.86. The number of H-pyrrole nitrogens is 2. The summed E-state index contributed by atoms with van der Waals surface area (Å²) in [5.41, 5.74) is 6.22. The van der Waals surface area contributed by atoms with Crippen molar-refractivity contribution in [1.29, 1.82) is 0 Å². The van der Waals surface area contributed by atoms with E-state index in [1.54, 1.807) is 0 Å². The SMILES string of the molecule is Cc1ccc2c(C)c[nH]c2c1.Cc1ccc2c(Cl)c[nH]c2c1. The molecule has 0 atom stereocenters. The molecule has 0 aliphatic carbocycles. The Morgan fingerprint density at radius 2 is 1.27 bits per heavy atom. The number of rotatable bonds is 0. The Bertz CT molecular complexity index is 853. The topological polar surface area (TPSA) is 31.6 Å². The first kappa shape index (κ1) is 14.7. The van der Waals surface area contributed by atoms with E-state index in [-0.39, 0.29) is 0 Å². The number of halogens is 1. The van der Waals surface area contributed by atoms with Crippen molar-refractivity contribution in [2.45, 2.75) is 20.8 Å². The van der Waals surface area contributed by atoms with Crippen LogP contribution in [0.5, 0.6) is 0 Å². The first-order valence-electron chi connectivity index (χ1n) is 7.32. The van der Waals surface area contributed by atoms with Gasteiger partial charge in [-0.15, -0.1) is 0 Å². The van der Waals surface area contributed by atoms with E-state index in [1.807, 2.05) is 18.5 Å². The summed E-state index contributed by atoms with van der Waals surface area (Å²) in [7, 11) is 0. The largest absolute Gasteiger partial charge is 0.361 e. The van der Waals surface area contributed by atoms with Crippen molar-refractivity contribution in [3.05, 3.63) is 70.5 Å². The number of fused-ring (bicyclic) bond motifs is 2. The predicted molar refractivity (Wildman–Crippen MR) is 95.8 cm³/mol. The van der Waals surface area contributed by atoms with E-state index >= 15 is 0 Å². The summed E-state index contributed by atoms with van der Waals surface area (Å²) in [6.45, 7) is 6.29. The highest BCUT2D eigenvalue weighted by molar-refractivity contribution is 6.35. The van der Waals surface area contributed by atoms with Gasteiger partial charge in [0.25, 0.3) is 0 Å². The molecule has 2 heterocycles. The maximum absolute atomic E-state index is 5.89. The van der Waals surface area contributed by atoms with Crippen LogP contribution in [0.2, 0.25) is 5.02 Å². The first-order valence-corrected chi connectivity index (χ1v) is 7.70. The van der Waals surface area contributed by atoms with Crippen molar-refractivity contribution in [1.82, 2.24) is 9.97 Å². The Labute approximate surface area is 135 Å². The highest BCUT2D eigenvalue weighted by Gasteiger charge is 1.99. The Hall–Kier alpha value is -2.19. The van der Waals surface area contributed by atoms with Gasteiger partial charge >= 0.3 is 0 Å². The van der Waals surface area contributed by atoms with Crippen molar-refractivity contribution >= 4 is 33.4 Å². The Morgan fingerprint density at radius 3 is 1.95 bits per heavy atom. The number of hydrogen-bond donors (Lipinski definition) is 2. The highest BCUT2D eigenvalue weighted by atomic mass is 35.5. The molecule has 22 heavy (non-hydrogen) atoms. The van der Waals surface area contributed by atoms with Gasteiger partial charge in [0, 0.05) is 34.2 Å². The molecular formula is C19H19ClN2. The Kier molecular flexibility index (Phi) is 3.95. The zero-order chi connectivity index (χ0) is 15.7. The van der Waals surface area contributed by atoms with Gasteiger partial charge in [-0.1, -0.05) is 35.9 Å². The van der Waals surface area contributed by atoms with Gasteiger partial charge in [0.2, 0.25) is 0 Å². The van der Waals surface area contributed by atoms with Crippen LogP contribution in [0, 0.1) is 20.8 Å². The first-order chi connectivity index (χ1) is 10.5. The molecule has 2 aromatic heterocycles. The van der Waals surface area contributed by atoms with Gasteiger partial charge in [-0.05, 0) is 49.6 Å². The maximum atomic E-state index is 5.89. The van der Waals surface area contributed by atoms with E-state index < -0.39 is 0 Å². The number of aromatic nitrogens is 2. The van der Waals surface area contributed by atoms with Crippen LogP contribution in [0.4, 0.5) is 0 Å². The number of benzene rings is 2. The van der Waals surface area contributed by atoms with E-state index in [0.717, 1.165) is 15.9 Å². The van der Waals surface area contributed by atoms with Crippen molar-refractivity contribution in [2.24, 2.45) is 0 Å². The summed E-state index contributed by atoms with van der Waals surface area (Å²) >= 11 is 5.89. The molecule has 0 unspecified atom stereocenters. The number of aromatic amines is 2. The average Bonchev–Trinajstić information content (AvgIpc) is 3.03. The van der Waals surface area contributed by atoms with Crippen LogP contribution in [0.1, 0.15) is 16.7 Å². The molecule has 0 spiro atoms. The van der Waals surface area contributed by atoms with Crippen molar-refractivity contribution in [3.8, 4) is 0 Å². The molecule has 4 rings (SSSR count). The molecule has 2 N–H and O–H groups in total. The zero-order valence-electron chi connectivity index (χ0n) is 13.0. The minimum Gasteiger partial charge on any atom is -0.361 e. The highest BCUT2D eigenvalue weighted by Crippen LogP contribution is 2.23. The summed E-state index contributed by atoms with van der Waals surface area (Å²) < 4.78 is 0. The molecule has 2 aromatic carbocycles. The van der Waals surface area contributed by atoms with Gasteiger partial charge in [-0.3, -0.25) is 0 Å². The Morgan fingerprint density at radius 1 is 0.727 bits per heavy atom. The molecule has 2 nitrogen and oxygen atoms in total. The standard InChI is InChI=1S/C10H11N.C9H8ClN/c1-7-3-4-9-8(2)6-11-10(9)5-7;1-6-2-3-7-8(10)5-11-9(7)4-6/h3-6,11H,1-2H3;2-5,11H,1H3. The molecular weight excluding hydrogens is 292 g/mol. The minimum atomic E-state index is 0.792. The van der Waals surface area contributed by atoms with Crippen LogP contribution >= 0.6 is 11.6 Å². The van der Waals surface area contributed by atoms with Gasteiger partial charge in [0.1, 0.15) is 0 Å². The van der Waals surface area contributed by atoms with Gasteiger partial charge in [-0.25, -0.2) is 0 Å². The third-order valence-electron chi connectivity index (χ3n) is 3.83. The van der Waals surface area contributed by atoms with E-state index in [9.17, 15) is 0 Å². The smallest absolute Gasteiger partial charge is 0.0659 e. The lowest BCUT2D eigenvalue weighted by Gasteiger charge is -1.92. The van der Waals surface area contributed by atoms with Gasteiger partial charge in [0.05, 0.1) is 5.02 Å².